The Hall–Kier alpha value is -0.380. The molecule has 1 aliphatic rings. The zero-order valence-electron chi connectivity index (χ0n) is 8.72. The first-order valence-corrected chi connectivity index (χ1v) is 5.35. The number of epoxide rings is 1. The maximum atomic E-state index is 8.96. The first kappa shape index (κ1) is 11.7. The maximum Gasteiger partial charge on any atom is 0.0844 e. The van der Waals surface area contributed by atoms with Gasteiger partial charge in [0.1, 0.15) is 0 Å². The first-order chi connectivity index (χ1) is 6.74. The third-order valence-corrected chi connectivity index (χ3v) is 2.37. The van der Waals surface area contributed by atoms with Crippen LogP contribution in [0.1, 0.15) is 32.6 Å². The predicted molar refractivity (Wildman–Crippen MR) is 55.0 cm³/mol. The van der Waals surface area contributed by atoms with E-state index in [1.54, 1.807) is 13.0 Å². The van der Waals surface area contributed by atoms with Crippen LogP contribution < -0.4 is 0 Å². The lowest BCUT2D eigenvalue weighted by Crippen LogP contribution is -1.96. The molecule has 0 bridgehead atoms. The molecule has 0 aromatic carbocycles. The van der Waals surface area contributed by atoms with Crippen LogP contribution in [0, 0.1) is 0 Å². The number of hydrogen-bond acceptors (Lipinski definition) is 3. The lowest BCUT2D eigenvalue weighted by Gasteiger charge is -1.94. The molecule has 3 nitrogen and oxygen atoms in total. The zero-order chi connectivity index (χ0) is 10.4. The van der Waals surface area contributed by atoms with Gasteiger partial charge in [0.05, 0.1) is 18.3 Å². The molecule has 0 spiro atoms. The predicted octanol–water partition coefficient (Wildman–Crippen LogP) is 1.24. The number of aliphatic hydroxyl groups is 2. The van der Waals surface area contributed by atoms with Gasteiger partial charge in [-0.1, -0.05) is 12.2 Å². The van der Waals surface area contributed by atoms with E-state index in [0.29, 0.717) is 12.2 Å². The van der Waals surface area contributed by atoms with Crippen LogP contribution in [0.3, 0.4) is 0 Å². The van der Waals surface area contributed by atoms with Crippen molar-refractivity contribution in [2.75, 3.05) is 6.61 Å². The van der Waals surface area contributed by atoms with E-state index >= 15 is 0 Å². The highest BCUT2D eigenvalue weighted by molar-refractivity contribution is 4.91. The highest BCUT2D eigenvalue weighted by atomic mass is 16.6. The van der Waals surface area contributed by atoms with E-state index in [9.17, 15) is 0 Å². The van der Waals surface area contributed by atoms with Gasteiger partial charge in [-0.25, -0.2) is 0 Å². The van der Waals surface area contributed by atoms with E-state index in [1.165, 1.54) is 0 Å². The lowest BCUT2D eigenvalue weighted by atomic mass is 10.1. The molecule has 0 amide bonds. The lowest BCUT2D eigenvalue weighted by molar-refractivity contribution is 0.243. The summed E-state index contributed by atoms with van der Waals surface area (Å²) in [6.45, 7) is 2.00. The van der Waals surface area contributed by atoms with Crippen molar-refractivity contribution in [3.8, 4) is 0 Å². The highest BCUT2D eigenvalue weighted by Gasteiger charge is 2.36. The van der Waals surface area contributed by atoms with Crippen LogP contribution in [0.5, 0.6) is 0 Å². The Balaban J connectivity index is 1.95. The molecule has 82 valence electrons. The van der Waals surface area contributed by atoms with E-state index in [2.05, 4.69) is 0 Å². The number of aliphatic hydroxyl groups excluding tert-OH is 2. The molecule has 1 rings (SSSR count). The number of ether oxygens (including phenoxy) is 1. The van der Waals surface area contributed by atoms with Gasteiger partial charge in [-0.15, -0.1) is 0 Å². The fourth-order valence-electron chi connectivity index (χ4n) is 1.53. The Morgan fingerprint density at radius 1 is 1.36 bits per heavy atom. The standard InChI is InChI=1S/C11H20O3/c1-9(13)5-2-3-6-10-11(14-10)7-4-8-12/h2,5,9-13H,3-4,6-8H2,1H3/b5-2+/t9-,10+,11+/m1/s1. The first-order valence-electron chi connectivity index (χ1n) is 5.35. The van der Waals surface area contributed by atoms with E-state index in [1.807, 2.05) is 6.08 Å². The van der Waals surface area contributed by atoms with Gasteiger partial charge < -0.3 is 14.9 Å². The Kier molecular flexibility index (Phi) is 5.15. The summed E-state index contributed by atoms with van der Waals surface area (Å²) in [4.78, 5) is 0. The van der Waals surface area contributed by atoms with Crippen molar-refractivity contribution in [2.24, 2.45) is 0 Å². The van der Waals surface area contributed by atoms with Crippen LogP contribution in [0.2, 0.25) is 0 Å². The van der Waals surface area contributed by atoms with Gasteiger partial charge in [0, 0.05) is 6.61 Å². The minimum atomic E-state index is -0.347. The smallest absolute Gasteiger partial charge is 0.0844 e. The monoisotopic (exact) mass is 200 g/mol. The van der Waals surface area contributed by atoms with Crippen LogP contribution in [0.15, 0.2) is 12.2 Å². The number of hydrogen-bond donors (Lipinski definition) is 2. The van der Waals surface area contributed by atoms with Crippen molar-refractivity contribution in [1.82, 2.24) is 0 Å². The van der Waals surface area contributed by atoms with Gasteiger partial charge in [-0.3, -0.25) is 0 Å². The maximum absolute atomic E-state index is 8.96. The average molecular weight is 200 g/mol. The minimum absolute atomic E-state index is 0.258. The van der Waals surface area contributed by atoms with Crippen molar-refractivity contribution in [3.63, 3.8) is 0 Å². The third kappa shape index (κ3) is 4.74. The topological polar surface area (TPSA) is 53.0 Å². The van der Waals surface area contributed by atoms with Gasteiger partial charge in [0.25, 0.3) is 0 Å². The van der Waals surface area contributed by atoms with Gasteiger partial charge >= 0.3 is 0 Å². The van der Waals surface area contributed by atoms with E-state index in [4.69, 9.17) is 14.9 Å². The SMILES string of the molecule is C[C@@H](O)/C=C/CC[C@@H]1O[C@H]1CCCO. The molecule has 0 aromatic heterocycles. The Morgan fingerprint density at radius 2 is 2.07 bits per heavy atom. The summed E-state index contributed by atoms with van der Waals surface area (Å²) in [5.74, 6) is 0. The molecule has 3 heteroatoms. The van der Waals surface area contributed by atoms with Crippen molar-refractivity contribution >= 4 is 0 Å². The molecule has 0 aromatic rings. The molecular formula is C11H20O3. The molecular weight excluding hydrogens is 180 g/mol. The van der Waals surface area contributed by atoms with Crippen molar-refractivity contribution in [2.45, 2.75) is 50.9 Å². The summed E-state index contributed by atoms with van der Waals surface area (Å²) in [6, 6.07) is 0. The van der Waals surface area contributed by atoms with Gasteiger partial charge in [-0.05, 0) is 32.6 Å². The van der Waals surface area contributed by atoms with Crippen molar-refractivity contribution < 1.29 is 14.9 Å². The van der Waals surface area contributed by atoms with Crippen LogP contribution in [-0.2, 0) is 4.74 Å². The largest absolute Gasteiger partial charge is 0.396 e. The summed E-state index contributed by atoms with van der Waals surface area (Å²) in [5.41, 5.74) is 0. The van der Waals surface area contributed by atoms with E-state index in [0.717, 1.165) is 25.7 Å². The van der Waals surface area contributed by atoms with Crippen LogP contribution in [-0.4, -0.2) is 35.1 Å². The molecule has 0 aliphatic carbocycles. The molecule has 1 heterocycles. The van der Waals surface area contributed by atoms with Crippen LogP contribution >= 0.6 is 0 Å². The normalized spacial score (nSPS) is 28.2. The minimum Gasteiger partial charge on any atom is -0.396 e. The summed E-state index contributed by atoms with van der Waals surface area (Å²) >= 11 is 0. The van der Waals surface area contributed by atoms with E-state index in [-0.39, 0.29) is 12.7 Å². The van der Waals surface area contributed by atoms with Gasteiger partial charge in [0.2, 0.25) is 0 Å². The summed E-state index contributed by atoms with van der Waals surface area (Å²) in [6.07, 6.45) is 8.01. The highest BCUT2D eigenvalue weighted by Crippen LogP contribution is 2.30. The Morgan fingerprint density at radius 3 is 2.71 bits per heavy atom. The third-order valence-electron chi connectivity index (χ3n) is 2.37. The molecule has 2 N–H and O–H groups in total. The summed E-state index contributed by atoms with van der Waals surface area (Å²) < 4.78 is 5.42. The zero-order valence-corrected chi connectivity index (χ0v) is 8.72. The number of allylic oxidation sites excluding steroid dienone is 1. The Bertz CT molecular complexity index is 177. The fraction of sp³-hybridized carbons (Fsp3) is 0.818. The molecule has 0 saturated carbocycles. The van der Waals surface area contributed by atoms with Crippen molar-refractivity contribution in [3.05, 3.63) is 12.2 Å². The molecule has 0 radical (unpaired) electrons. The second kappa shape index (κ2) is 6.17. The van der Waals surface area contributed by atoms with Crippen molar-refractivity contribution in [1.29, 1.82) is 0 Å². The molecule has 1 saturated heterocycles. The van der Waals surface area contributed by atoms with Crippen LogP contribution in [0.4, 0.5) is 0 Å². The van der Waals surface area contributed by atoms with Gasteiger partial charge in [0.15, 0.2) is 0 Å². The molecule has 3 atom stereocenters. The van der Waals surface area contributed by atoms with Crippen LogP contribution in [0.25, 0.3) is 0 Å². The van der Waals surface area contributed by atoms with Gasteiger partial charge in [-0.2, -0.15) is 0 Å². The molecule has 0 unspecified atom stereocenters. The quantitative estimate of drug-likeness (QED) is 0.480. The summed E-state index contributed by atoms with van der Waals surface area (Å²) in [5, 5.41) is 17.6. The summed E-state index contributed by atoms with van der Waals surface area (Å²) in [7, 11) is 0. The van der Waals surface area contributed by atoms with E-state index < -0.39 is 0 Å². The molecule has 1 fully saturated rings. The number of rotatable bonds is 7. The average Bonchev–Trinajstić information content (AvgIpc) is 2.88. The second-order valence-corrected chi connectivity index (χ2v) is 3.82. The second-order valence-electron chi connectivity index (χ2n) is 3.82. The fourth-order valence-corrected chi connectivity index (χ4v) is 1.53. The molecule has 1 aliphatic heterocycles. The Labute approximate surface area is 85.4 Å². The molecule has 14 heavy (non-hydrogen) atoms.